The highest BCUT2D eigenvalue weighted by Gasteiger charge is 2.10. The molecule has 26 heavy (non-hydrogen) atoms. The van der Waals surface area contributed by atoms with Gasteiger partial charge in [0.05, 0.1) is 24.0 Å². The van der Waals surface area contributed by atoms with Crippen LogP contribution in [-0.4, -0.2) is 29.9 Å². The van der Waals surface area contributed by atoms with Crippen molar-refractivity contribution >= 4 is 41.2 Å². The lowest BCUT2D eigenvalue weighted by atomic mass is 10.2. The molecule has 9 heteroatoms. The highest BCUT2D eigenvalue weighted by atomic mass is 35.5. The first-order chi connectivity index (χ1) is 12.5. The number of ether oxygens (including phenoxy) is 1. The largest absolute Gasteiger partial charge is 0.496 e. The third-order valence-corrected chi connectivity index (χ3v) is 4.62. The van der Waals surface area contributed by atoms with Gasteiger partial charge in [0.15, 0.2) is 0 Å². The summed E-state index contributed by atoms with van der Waals surface area (Å²) in [7, 11) is 1.45. The molecule has 0 heterocycles. The molecule has 136 valence electrons. The van der Waals surface area contributed by atoms with Gasteiger partial charge in [-0.05, 0) is 17.7 Å². The molecule has 0 fully saturated rings. The number of rotatable bonds is 8. The Hall–Kier alpha value is -2.58. The molecule has 1 N–H and O–H groups in total. The smallest absolute Gasteiger partial charge is 0.270 e. The van der Waals surface area contributed by atoms with Gasteiger partial charge < -0.3 is 4.74 Å². The summed E-state index contributed by atoms with van der Waals surface area (Å²) in [5.41, 5.74) is 3.64. The number of methoxy groups -OCH3 is 1. The van der Waals surface area contributed by atoms with E-state index < -0.39 is 4.92 Å². The van der Waals surface area contributed by atoms with Gasteiger partial charge in [0.1, 0.15) is 5.75 Å². The van der Waals surface area contributed by atoms with E-state index in [1.54, 1.807) is 6.07 Å². The molecule has 0 saturated carbocycles. The molecule has 2 aromatic rings. The summed E-state index contributed by atoms with van der Waals surface area (Å²) in [5.74, 6) is 0.939. The maximum absolute atomic E-state index is 11.8. The number of carbonyl (C=O) groups is 1. The van der Waals surface area contributed by atoms with Gasteiger partial charge in [-0.2, -0.15) is 5.10 Å². The maximum atomic E-state index is 11.8. The second-order valence-electron chi connectivity index (χ2n) is 5.06. The molecule has 1 amide bonds. The number of nitro groups is 1. The van der Waals surface area contributed by atoms with Crippen molar-refractivity contribution in [1.29, 1.82) is 0 Å². The van der Waals surface area contributed by atoms with E-state index in [0.717, 1.165) is 5.56 Å². The summed E-state index contributed by atoms with van der Waals surface area (Å²) in [6, 6.07) is 11.6. The Morgan fingerprint density at radius 1 is 1.38 bits per heavy atom. The highest BCUT2D eigenvalue weighted by Crippen LogP contribution is 2.22. The minimum atomic E-state index is -0.513. The van der Waals surface area contributed by atoms with E-state index in [0.29, 0.717) is 22.1 Å². The second kappa shape index (κ2) is 9.79. The number of hydrogen-bond acceptors (Lipinski definition) is 6. The van der Waals surface area contributed by atoms with Gasteiger partial charge in [-0.25, -0.2) is 5.43 Å². The first-order valence-electron chi connectivity index (χ1n) is 7.46. The minimum absolute atomic E-state index is 0.0890. The molecule has 0 bridgehead atoms. The standard InChI is InChI=1S/C17H16ClN3O4S/c1-25-16-7-6-14(21(23)24)8-13(16)9-19-20-17(22)11-26-10-12-4-2-3-5-15(12)18/h2-9H,10-11H2,1H3,(H,20,22)/b19-9-. The number of thioether (sulfide) groups is 1. The molecule has 0 aliphatic heterocycles. The van der Waals surface area contributed by atoms with Crippen molar-refractivity contribution in [3.05, 3.63) is 68.7 Å². The predicted molar refractivity (Wildman–Crippen MR) is 103 cm³/mol. The first-order valence-corrected chi connectivity index (χ1v) is 9.00. The lowest BCUT2D eigenvalue weighted by Gasteiger charge is -2.05. The van der Waals surface area contributed by atoms with Crippen LogP contribution >= 0.6 is 23.4 Å². The number of hydrazone groups is 1. The molecule has 0 aliphatic rings. The van der Waals surface area contributed by atoms with Crippen molar-refractivity contribution in [3.63, 3.8) is 0 Å². The molecule has 0 atom stereocenters. The SMILES string of the molecule is COc1ccc([N+](=O)[O-])cc1/C=N\NC(=O)CSCc1ccccc1Cl. The Kier molecular flexibility index (Phi) is 7.43. The summed E-state index contributed by atoms with van der Waals surface area (Å²) < 4.78 is 5.12. The molecule has 0 spiro atoms. The van der Waals surface area contributed by atoms with E-state index in [-0.39, 0.29) is 17.3 Å². The number of amides is 1. The van der Waals surface area contributed by atoms with Crippen molar-refractivity contribution in [3.8, 4) is 5.75 Å². The van der Waals surface area contributed by atoms with Crippen LogP contribution in [0.2, 0.25) is 5.02 Å². The van der Waals surface area contributed by atoms with E-state index in [9.17, 15) is 14.9 Å². The van der Waals surface area contributed by atoms with Gasteiger partial charge in [-0.3, -0.25) is 14.9 Å². The molecule has 0 unspecified atom stereocenters. The van der Waals surface area contributed by atoms with Crippen LogP contribution in [0.1, 0.15) is 11.1 Å². The van der Waals surface area contributed by atoms with Gasteiger partial charge in [-0.1, -0.05) is 29.8 Å². The summed E-state index contributed by atoms with van der Waals surface area (Å²) in [6.45, 7) is 0. The molecular formula is C17H16ClN3O4S. The maximum Gasteiger partial charge on any atom is 0.270 e. The van der Waals surface area contributed by atoms with E-state index in [1.165, 1.54) is 43.3 Å². The lowest BCUT2D eigenvalue weighted by Crippen LogP contribution is -2.19. The number of nitrogens with one attached hydrogen (secondary N) is 1. The van der Waals surface area contributed by atoms with Gasteiger partial charge in [-0.15, -0.1) is 11.8 Å². The Bertz CT molecular complexity index is 829. The summed E-state index contributed by atoms with van der Waals surface area (Å²) in [5, 5.41) is 15.3. The molecule has 7 nitrogen and oxygen atoms in total. The van der Waals surface area contributed by atoms with Gasteiger partial charge in [0.25, 0.3) is 5.69 Å². The van der Waals surface area contributed by atoms with Crippen LogP contribution < -0.4 is 10.2 Å². The van der Waals surface area contributed by atoms with Crippen LogP contribution in [0.5, 0.6) is 5.75 Å². The molecular weight excluding hydrogens is 378 g/mol. The first kappa shape index (κ1) is 19.7. The average Bonchev–Trinajstić information content (AvgIpc) is 2.63. The second-order valence-corrected chi connectivity index (χ2v) is 6.45. The minimum Gasteiger partial charge on any atom is -0.496 e. The Morgan fingerprint density at radius 3 is 2.85 bits per heavy atom. The molecule has 0 aromatic heterocycles. The zero-order chi connectivity index (χ0) is 18.9. The number of nitrogens with zero attached hydrogens (tertiary/aromatic N) is 2. The number of hydrogen-bond donors (Lipinski definition) is 1. The molecule has 0 saturated heterocycles. The van der Waals surface area contributed by atoms with Gasteiger partial charge >= 0.3 is 0 Å². The summed E-state index contributed by atoms with van der Waals surface area (Å²) in [6.07, 6.45) is 1.31. The average molecular weight is 394 g/mol. The zero-order valence-corrected chi connectivity index (χ0v) is 15.4. The van der Waals surface area contributed by atoms with Crippen LogP contribution in [-0.2, 0) is 10.5 Å². The summed E-state index contributed by atoms with van der Waals surface area (Å²) in [4.78, 5) is 22.1. The topological polar surface area (TPSA) is 93.8 Å². The molecule has 2 aromatic carbocycles. The number of benzene rings is 2. The van der Waals surface area contributed by atoms with E-state index in [4.69, 9.17) is 16.3 Å². The van der Waals surface area contributed by atoms with E-state index in [2.05, 4.69) is 10.5 Å². The van der Waals surface area contributed by atoms with Crippen molar-refractivity contribution in [2.75, 3.05) is 12.9 Å². The fraction of sp³-hybridized carbons (Fsp3) is 0.176. The molecule has 0 radical (unpaired) electrons. The quantitative estimate of drug-likeness (QED) is 0.419. The number of nitro benzene ring substituents is 1. The third kappa shape index (κ3) is 5.75. The number of non-ortho nitro benzene ring substituents is 1. The van der Waals surface area contributed by atoms with Gasteiger partial charge in [0, 0.05) is 28.5 Å². The Labute approximate surface area is 159 Å². The monoisotopic (exact) mass is 393 g/mol. The number of carbonyl (C=O) groups excluding carboxylic acids is 1. The number of halogens is 1. The zero-order valence-electron chi connectivity index (χ0n) is 13.8. The lowest BCUT2D eigenvalue weighted by molar-refractivity contribution is -0.384. The van der Waals surface area contributed by atoms with Gasteiger partial charge in [0.2, 0.25) is 5.91 Å². The fourth-order valence-electron chi connectivity index (χ4n) is 2.01. The summed E-state index contributed by atoms with van der Waals surface area (Å²) >= 11 is 7.46. The predicted octanol–water partition coefficient (Wildman–Crippen LogP) is 3.64. The van der Waals surface area contributed by atoms with Crippen molar-refractivity contribution in [2.45, 2.75) is 5.75 Å². The Morgan fingerprint density at radius 2 is 2.15 bits per heavy atom. The van der Waals surface area contributed by atoms with Crippen molar-refractivity contribution in [1.82, 2.24) is 5.43 Å². The van der Waals surface area contributed by atoms with Crippen LogP contribution in [0, 0.1) is 10.1 Å². The van der Waals surface area contributed by atoms with E-state index >= 15 is 0 Å². The third-order valence-electron chi connectivity index (χ3n) is 3.27. The van der Waals surface area contributed by atoms with Crippen molar-refractivity contribution in [2.24, 2.45) is 5.10 Å². The molecule has 2 rings (SSSR count). The Balaban J connectivity index is 1.87. The fourth-order valence-corrected chi connectivity index (χ4v) is 3.12. The van der Waals surface area contributed by atoms with Crippen LogP contribution in [0.3, 0.4) is 0 Å². The van der Waals surface area contributed by atoms with Crippen molar-refractivity contribution < 1.29 is 14.5 Å². The van der Waals surface area contributed by atoms with Crippen LogP contribution in [0.4, 0.5) is 5.69 Å². The molecule has 0 aliphatic carbocycles. The normalized spacial score (nSPS) is 10.7. The van der Waals surface area contributed by atoms with E-state index in [1.807, 2.05) is 18.2 Å². The highest BCUT2D eigenvalue weighted by molar-refractivity contribution is 7.99. The van der Waals surface area contributed by atoms with Crippen LogP contribution in [0.25, 0.3) is 0 Å². The van der Waals surface area contributed by atoms with Crippen LogP contribution in [0.15, 0.2) is 47.6 Å².